The molecule has 1 amide bonds. The maximum Gasteiger partial charge on any atom is 0.296 e. The van der Waals surface area contributed by atoms with Crippen molar-refractivity contribution < 1.29 is 9.59 Å². The van der Waals surface area contributed by atoms with E-state index in [9.17, 15) is 9.59 Å². The van der Waals surface area contributed by atoms with Crippen LogP contribution in [-0.2, 0) is 4.79 Å². The van der Waals surface area contributed by atoms with Gasteiger partial charge in [0.05, 0.1) is 34.0 Å². The molecule has 0 unspecified atom stereocenters. The molecule has 0 saturated carbocycles. The molecule has 1 saturated heterocycles. The third-order valence-corrected chi connectivity index (χ3v) is 5.32. The van der Waals surface area contributed by atoms with Crippen LogP contribution in [-0.4, -0.2) is 34.6 Å². The number of Topliss-reactive ketones (excluding diaryl/α,β-unsaturated/α-hetero) is 1. The van der Waals surface area contributed by atoms with Crippen LogP contribution in [0, 0.1) is 13.8 Å². The summed E-state index contributed by atoms with van der Waals surface area (Å²) in [6, 6.07) is 17.2. The van der Waals surface area contributed by atoms with Crippen LogP contribution in [0.3, 0.4) is 0 Å². The number of aromatic nitrogens is 2. The van der Waals surface area contributed by atoms with Crippen molar-refractivity contribution in [3.8, 4) is 5.69 Å². The molecular weight excluding hydrogens is 364 g/mol. The Hall–Kier alpha value is -3.41. The summed E-state index contributed by atoms with van der Waals surface area (Å²) in [7, 11) is 0. The highest BCUT2D eigenvalue weighted by Crippen LogP contribution is 2.29. The maximum atomic E-state index is 13.0. The number of benzene rings is 2. The lowest BCUT2D eigenvalue weighted by molar-refractivity contribution is -0.112. The van der Waals surface area contributed by atoms with Gasteiger partial charge in [-0.3, -0.25) is 9.59 Å². The van der Waals surface area contributed by atoms with Crippen molar-refractivity contribution in [2.75, 3.05) is 23.3 Å². The fourth-order valence-corrected chi connectivity index (χ4v) is 3.90. The zero-order chi connectivity index (χ0) is 20.4. The number of aryl methyl sites for hydroxylation is 1. The van der Waals surface area contributed by atoms with E-state index >= 15 is 0 Å². The summed E-state index contributed by atoms with van der Waals surface area (Å²) in [5.41, 5.74) is 4.02. The molecule has 29 heavy (non-hydrogen) atoms. The first kappa shape index (κ1) is 18.9. The van der Waals surface area contributed by atoms with E-state index < -0.39 is 11.7 Å². The lowest BCUT2D eigenvalue weighted by Crippen LogP contribution is -2.26. The molecule has 0 aliphatic carbocycles. The summed E-state index contributed by atoms with van der Waals surface area (Å²) >= 11 is 0. The van der Waals surface area contributed by atoms with Crippen LogP contribution < -0.4 is 10.2 Å². The number of carbonyl (C=O) groups excluding carboxylic acids is 2. The Morgan fingerprint density at radius 1 is 0.931 bits per heavy atom. The number of nitrogens with one attached hydrogen (secondary N) is 1. The van der Waals surface area contributed by atoms with Gasteiger partial charge in [0.25, 0.3) is 11.7 Å². The normalized spacial score (nSPS) is 13.5. The van der Waals surface area contributed by atoms with Crippen molar-refractivity contribution in [3.05, 3.63) is 71.5 Å². The number of hydrogen-bond donors (Lipinski definition) is 1. The second kappa shape index (κ2) is 7.91. The molecule has 4 rings (SSSR count). The summed E-state index contributed by atoms with van der Waals surface area (Å²) in [5.74, 6) is -1.21. The number of para-hydroxylation sites is 3. The van der Waals surface area contributed by atoms with Crippen LogP contribution in [0.15, 0.2) is 54.6 Å². The van der Waals surface area contributed by atoms with Crippen LogP contribution in [0.2, 0.25) is 0 Å². The Balaban J connectivity index is 1.60. The maximum absolute atomic E-state index is 13.0. The van der Waals surface area contributed by atoms with Crippen LogP contribution in [0.1, 0.15) is 34.6 Å². The van der Waals surface area contributed by atoms with Gasteiger partial charge in [-0.25, -0.2) is 4.68 Å². The Labute approximate surface area is 170 Å². The van der Waals surface area contributed by atoms with Gasteiger partial charge < -0.3 is 10.2 Å². The van der Waals surface area contributed by atoms with Crippen molar-refractivity contribution in [2.45, 2.75) is 26.7 Å². The van der Waals surface area contributed by atoms with Gasteiger partial charge in [0.1, 0.15) is 0 Å². The van der Waals surface area contributed by atoms with Gasteiger partial charge in [0.15, 0.2) is 0 Å². The molecule has 1 fully saturated rings. The monoisotopic (exact) mass is 388 g/mol. The zero-order valence-corrected chi connectivity index (χ0v) is 16.7. The molecule has 0 spiro atoms. The highest BCUT2D eigenvalue weighted by molar-refractivity contribution is 6.47. The first-order chi connectivity index (χ1) is 14.1. The molecule has 1 N–H and O–H groups in total. The van der Waals surface area contributed by atoms with E-state index in [-0.39, 0.29) is 0 Å². The summed E-state index contributed by atoms with van der Waals surface area (Å²) in [6.45, 7) is 5.49. The number of hydrogen-bond acceptors (Lipinski definition) is 4. The van der Waals surface area contributed by atoms with E-state index in [1.54, 1.807) is 11.6 Å². The van der Waals surface area contributed by atoms with Crippen LogP contribution in [0.5, 0.6) is 0 Å². The second-order valence-corrected chi connectivity index (χ2v) is 7.29. The third-order valence-electron chi connectivity index (χ3n) is 5.32. The van der Waals surface area contributed by atoms with E-state index in [2.05, 4.69) is 15.3 Å². The van der Waals surface area contributed by atoms with Gasteiger partial charge >= 0.3 is 0 Å². The van der Waals surface area contributed by atoms with Gasteiger partial charge in [-0.05, 0) is 51.0 Å². The predicted molar refractivity (Wildman–Crippen MR) is 114 cm³/mol. The molecule has 0 atom stereocenters. The van der Waals surface area contributed by atoms with Crippen LogP contribution in [0.25, 0.3) is 5.69 Å². The van der Waals surface area contributed by atoms with E-state index in [0.29, 0.717) is 22.6 Å². The van der Waals surface area contributed by atoms with Gasteiger partial charge in [-0.2, -0.15) is 5.10 Å². The minimum Gasteiger partial charge on any atom is -0.370 e. The van der Waals surface area contributed by atoms with Crippen LogP contribution >= 0.6 is 0 Å². The molecule has 1 aliphatic rings. The first-order valence-electron chi connectivity index (χ1n) is 9.87. The molecule has 1 aliphatic heterocycles. The number of amides is 1. The quantitative estimate of drug-likeness (QED) is 0.532. The topological polar surface area (TPSA) is 67.2 Å². The Bertz CT molecular complexity index is 1050. The van der Waals surface area contributed by atoms with Crippen LogP contribution in [0.4, 0.5) is 11.4 Å². The van der Waals surface area contributed by atoms with Gasteiger partial charge in [0, 0.05) is 13.1 Å². The molecule has 3 aromatic rings. The number of rotatable bonds is 5. The molecule has 0 bridgehead atoms. The van der Waals surface area contributed by atoms with E-state index in [1.165, 1.54) is 0 Å². The number of anilines is 2. The second-order valence-electron chi connectivity index (χ2n) is 7.29. The average Bonchev–Trinajstić information content (AvgIpc) is 3.37. The molecule has 2 aromatic carbocycles. The van der Waals surface area contributed by atoms with Crippen molar-refractivity contribution in [2.24, 2.45) is 0 Å². The van der Waals surface area contributed by atoms with E-state index in [4.69, 9.17) is 0 Å². The zero-order valence-electron chi connectivity index (χ0n) is 16.7. The largest absolute Gasteiger partial charge is 0.370 e. The molecular formula is C23H24N4O2. The van der Waals surface area contributed by atoms with E-state index in [1.807, 2.05) is 61.5 Å². The van der Waals surface area contributed by atoms with Gasteiger partial charge in [0.2, 0.25) is 0 Å². The van der Waals surface area contributed by atoms with Crippen molar-refractivity contribution in [3.63, 3.8) is 0 Å². The van der Waals surface area contributed by atoms with E-state index in [0.717, 1.165) is 37.3 Å². The first-order valence-corrected chi connectivity index (χ1v) is 9.87. The van der Waals surface area contributed by atoms with Gasteiger partial charge in [-0.15, -0.1) is 0 Å². The number of carbonyl (C=O) groups is 2. The Kier molecular flexibility index (Phi) is 5.16. The number of nitrogens with zero attached hydrogens (tertiary/aromatic N) is 3. The third kappa shape index (κ3) is 3.66. The lowest BCUT2D eigenvalue weighted by atomic mass is 10.1. The molecule has 2 heterocycles. The highest BCUT2D eigenvalue weighted by Gasteiger charge is 2.26. The smallest absolute Gasteiger partial charge is 0.296 e. The molecule has 6 heteroatoms. The summed E-state index contributed by atoms with van der Waals surface area (Å²) in [5, 5.41) is 7.30. The Morgan fingerprint density at radius 2 is 1.59 bits per heavy atom. The fraction of sp³-hybridized carbons (Fsp3) is 0.261. The summed E-state index contributed by atoms with van der Waals surface area (Å²) in [4.78, 5) is 28.0. The average molecular weight is 388 g/mol. The Morgan fingerprint density at radius 3 is 2.31 bits per heavy atom. The van der Waals surface area contributed by atoms with Crippen molar-refractivity contribution in [1.82, 2.24) is 9.78 Å². The number of ketones is 1. The lowest BCUT2D eigenvalue weighted by Gasteiger charge is -2.21. The molecule has 0 radical (unpaired) electrons. The fourth-order valence-electron chi connectivity index (χ4n) is 3.90. The molecule has 148 valence electrons. The van der Waals surface area contributed by atoms with Crippen molar-refractivity contribution in [1.29, 1.82) is 0 Å². The molecule has 6 nitrogen and oxygen atoms in total. The standard InChI is InChI=1S/C23H24N4O2/c1-16-21(17(2)27(25-16)18-10-4-3-5-11-18)22(28)23(29)24-19-12-6-7-13-20(19)26-14-8-9-15-26/h3-7,10-13H,8-9,14-15H2,1-2H3,(H,24,29). The van der Waals surface area contributed by atoms with Crippen molar-refractivity contribution >= 4 is 23.1 Å². The predicted octanol–water partition coefficient (Wildman–Crippen LogP) is 3.91. The minimum atomic E-state index is -0.643. The molecule has 1 aromatic heterocycles. The highest BCUT2D eigenvalue weighted by atomic mass is 16.2. The van der Waals surface area contributed by atoms with Gasteiger partial charge in [-0.1, -0.05) is 30.3 Å². The summed E-state index contributed by atoms with van der Waals surface area (Å²) in [6.07, 6.45) is 2.27. The summed E-state index contributed by atoms with van der Waals surface area (Å²) < 4.78 is 1.70. The minimum absolute atomic E-state index is 0.352. The SMILES string of the molecule is Cc1nn(-c2ccccc2)c(C)c1C(=O)C(=O)Nc1ccccc1N1CCCC1.